The number of β-lactam (4-membered cyclic amide) rings is 1. The molecule has 4 N–H and O–H groups in total. The van der Waals surface area contributed by atoms with Crippen LogP contribution in [-0.2, 0) is 23.9 Å². The molecule has 1 aliphatic carbocycles. The SMILES string of the molecule is CC1=C(C(=O)OC(CC(=O)O)C[N+](C)(C)C)N2C(=O)[C@@H](NC(=O)[C@H](N)C3=CCC=CC3)[C@H]2SC1. The highest BCUT2D eigenvalue weighted by atomic mass is 32.2. The van der Waals surface area contributed by atoms with Crippen molar-refractivity contribution in [3.63, 3.8) is 0 Å². The summed E-state index contributed by atoms with van der Waals surface area (Å²) in [6.07, 6.45) is 6.01. The Bertz CT molecular complexity index is 967. The molecule has 1 unspecified atom stereocenters. The van der Waals surface area contributed by atoms with Crippen LogP contribution in [0.2, 0.25) is 0 Å². The summed E-state index contributed by atoms with van der Waals surface area (Å²) < 4.78 is 5.97. The summed E-state index contributed by atoms with van der Waals surface area (Å²) >= 11 is 1.44. The summed E-state index contributed by atoms with van der Waals surface area (Å²) in [4.78, 5) is 51.3. The van der Waals surface area contributed by atoms with E-state index in [1.807, 2.05) is 39.4 Å². The topological polar surface area (TPSA) is 139 Å². The van der Waals surface area contributed by atoms with Crippen molar-refractivity contribution in [1.82, 2.24) is 10.2 Å². The van der Waals surface area contributed by atoms with Crippen LogP contribution in [0.4, 0.5) is 0 Å². The molecule has 3 aliphatic rings. The molecule has 2 heterocycles. The average Bonchev–Trinajstić information content (AvgIpc) is 2.75. The maximum atomic E-state index is 13.1. The normalized spacial score (nSPS) is 24.0. The van der Waals surface area contributed by atoms with E-state index in [1.165, 1.54) is 16.7 Å². The fourth-order valence-electron chi connectivity index (χ4n) is 4.20. The number of nitrogens with one attached hydrogen (secondary N) is 1. The fraction of sp³-hybridized carbons (Fsp3) is 0.565. The van der Waals surface area contributed by atoms with Crippen molar-refractivity contribution in [2.75, 3.05) is 33.4 Å². The number of carboxylic acids is 1. The predicted octanol–water partition coefficient (Wildman–Crippen LogP) is 0.357. The Kier molecular flexibility index (Phi) is 7.89. The van der Waals surface area contributed by atoms with Crippen LogP contribution in [0.1, 0.15) is 26.2 Å². The summed E-state index contributed by atoms with van der Waals surface area (Å²) in [6.45, 7) is 2.04. The largest absolute Gasteiger partial charge is 0.481 e. The number of allylic oxidation sites excluding steroid dienone is 3. The van der Waals surface area contributed by atoms with Gasteiger partial charge in [0.05, 0.1) is 27.6 Å². The van der Waals surface area contributed by atoms with Gasteiger partial charge in [-0.05, 0) is 30.9 Å². The van der Waals surface area contributed by atoms with Crippen molar-refractivity contribution >= 4 is 35.5 Å². The lowest BCUT2D eigenvalue weighted by molar-refractivity contribution is -0.873. The Morgan fingerprint density at radius 3 is 2.62 bits per heavy atom. The van der Waals surface area contributed by atoms with Gasteiger partial charge in [-0.15, -0.1) is 11.8 Å². The molecule has 11 heteroatoms. The number of rotatable bonds is 9. The minimum atomic E-state index is -1.07. The van der Waals surface area contributed by atoms with Crippen molar-refractivity contribution in [3.8, 4) is 0 Å². The molecule has 3 rings (SSSR count). The first-order valence-corrected chi connectivity index (χ1v) is 12.2. The number of ether oxygens (including phenoxy) is 1. The lowest BCUT2D eigenvalue weighted by Crippen LogP contribution is -2.71. The first-order chi connectivity index (χ1) is 15.9. The molecule has 34 heavy (non-hydrogen) atoms. The van der Waals surface area contributed by atoms with Crippen molar-refractivity contribution in [2.24, 2.45) is 5.73 Å². The van der Waals surface area contributed by atoms with E-state index >= 15 is 0 Å². The Labute approximate surface area is 203 Å². The van der Waals surface area contributed by atoms with Gasteiger partial charge < -0.3 is 25.4 Å². The summed E-state index contributed by atoms with van der Waals surface area (Å²) in [5, 5.41) is 11.5. The third kappa shape index (κ3) is 5.89. The lowest BCUT2D eigenvalue weighted by Gasteiger charge is -2.49. The average molecular weight is 494 g/mol. The minimum absolute atomic E-state index is 0.125. The molecule has 0 aromatic rings. The summed E-state index contributed by atoms with van der Waals surface area (Å²) in [6, 6.07) is -1.63. The molecule has 0 spiro atoms. The Morgan fingerprint density at radius 1 is 1.32 bits per heavy atom. The number of amides is 2. The number of esters is 1. The van der Waals surface area contributed by atoms with Gasteiger partial charge in [0.15, 0.2) is 6.10 Å². The van der Waals surface area contributed by atoms with E-state index in [1.54, 1.807) is 6.92 Å². The fourth-order valence-corrected chi connectivity index (χ4v) is 5.50. The third-order valence-electron chi connectivity index (χ3n) is 5.80. The van der Waals surface area contributed by atoms with Gasteiger partial charge in [-0.1, -0.05) is 18.2 Å². The van der Waals surface area contributed by atoms with Gasteiger partial charge in [0.25, 0.3) is 5.91 Å². The zero-order chi connectivity index (χ0) is 25.2. The number of hydrogen-bond donors (Lipinski definition) is 3. The number of fused-ring (bicyclic) bond motifs is 1. The molecule has 1 fully saturated rings. The van der Waals surface area contributed by atoms with E-state index in [0.29, 0.717) is 28.8 Å². The number of nitrogens with zero attached hydrogens (tertiary/aromatic N) is 2. The lowest BCUT2D eigenvalue weighted by atomic mass is 9.97. The Morgan fingerprint density at radius 2 is 2.03 bits per heavy atom. The van der Waals surface area contributed by atoms with Gasteiger partial charge in [-0.25, -0.2) is 4.79 Å². The second kappa shape index (κ2) is 10.3. The highest BCUT2D eigenvalue weighted by molar-refractivity contribution is 8.00. The highest BCUT2D eigenvalue weighted by Gasteiger charge is 2.54. The monoisotopic (exact) mass is 493 g/mol. The number of quaternary nitrogens is 1. The number of hydrogen-bond acceptors (Lipinski definition) is 7. The number of nitrogens with two attached hydrogens (primary N) is 1. The van der Waals surface area contributed by atoms with Crippen LogP contribution in [0, 0.1) is 0 Å². The van der Waals surface area contributed by atoms with Crippen LogP contribution in [0.25, 0.3) is 0 Å². The molecule has 0 aromatic carbocycles. The quantitative estimate of drug-likeness (QED) is 0.181. The maximum absolute atomic E-state index is 13.1. The molecule has 1 saturated heterocycles. The van der Waals surface area contributed by atoms with Gasteiger partial charge in [0, 0.05) is 5.75 Å². The first kappa shape index (κ1) is 26.0. The van der Waals surface area contributed by atoms with Gasteiger partial charge >= 0.3 is 11.9 Å². The van der Waals surface area contributed by atoms with Crippen LogP contribution in [0.15, 0.2) is 35.1 Å². The van der Waals surface area contributed by atoms with E-state index < -0.39 is 47.3 Å². The van der Waals surface area contributed by atoms with Gasteiger partial charge in [-0.3, -0.25) is 19.3 Å². The Hall–Kier alpha value is -2.63. The standard InChI is InChI=1S/C23H32N4O6S/c1-13-12-34-22-18(25-20(30)17(24)14-8-6-5-7-9-14)21(31)26(22)19(13)23(32)33-15(10-16(28)29)11-27(2,3)4/h5-6,9,15,17-18,22H,7-8,10-12,24H2,1-4H3,(H-,25,28,29,30)/p+1/t15?,17-,18-,22-/m1/s1. The Balaban J connectivity index is 1.69. The predicted molar refractivity (Wildman–Crippen MR) is 127 cm³/mol. The molecule has 2 aliphatic heterocycles. The van der Waals surface area contributed by atoms with Crippen LogP contribution in [0.5, 0.6) is 0 Å². The van der Waals surface area contributed by atoms with Crippen LogP contribution in [0.3, 0.4) is 0 Å². The second-order valence-corrected chi connectivity index (χ2v) is 10.9. The number of carboxylic acid groups (broad SMARTS) is 1. The van der Waals surface area contributed by atoms with Gasteiger partial charge in [0.1, 0.15) is 29.7 Å². The first-order valence-electron chi connectivity index (χ1n) is 11.2. The minimum Gasteiger partial charge on any atom is -0.481 e. The van der Waals surface area contributed by atoms with Crippen LogP contribution < -0.4 is 11.1 Å². The molecule has 0 radical (unpaired) electrons. The molecular weight excluding hydrogens is 460 g/mol. The van der Waals surface area contributed by atoms with Gasteiger partial charge in [0.2, 0.25) is 5.91 Å². The number of carbonyl (C=O) groups excluding carboxylic acids is 3. The maximum Gasteiger partial charge on any atom is 0.355 e. The van der Waals surface area contributed by atoms with Crippen molar-refractivity contribution < 1.29 is 33.5 Å². The second-order valence-electron chi connectivity index (χ2n) is 9.79. The number of carbonyl (C=O) groups is 4. The molecule has 0 bridgehead atoms. The summed E-state index contributed by atoms with van der Waals surface area (Å²) in [5.41, 5.74) is 7.69. The van der Waals surface area contributed by atoms with E-state index in [2.05, 4.69) is 5.32 Å². The molecule has 0 saturated carbocycles. The highest BCUT2D eigenvalue weighted by Crippen LogP contribution is 2.40. The molecule has 4 atom stereocenters. The molecule has 186 valence electrons. The molecular formula is C23H33N4O6S+. The summed E-state index contributed by atoms with van der Waals surface area (Å²) in [7, 11) is 5.62. The zero-order valence-corrected chi connectivity index (χ0v) is 20.8. The summed E-state index contributed by atoms with van der Waals surface area (Å²) in [5.74, 6) is -2.16. The molecule has 10 nitrogen and oxygen atoms in total. The number of aliphatic carboxylic acids is 1. The number of likely N-dealkylation sites (N-methyl/N-ethyl adjacent to an activating group) is 1. The third-order valence-corrected chi connectivity index (χ3v) is 7.22. The zero-order valence-electron chi connectivity index (χ0n) is 19.9. The smallest absolute Gasteiger partial charge is 0.355 e. The number of thioether (sulfide) groups is 1. The van der Waals surface area contributed by atoms with Gasteiger partial charge in [-0.2, -0.15) is 0 Å². The van der Waals surface area contributed by atoms with Crippen molar-refractivity contribution in [2.45, 2.75) is 49.7 Å². The van der Waals surface area contributed by atoms with E-state index in [9.17, 15) is 24.3 Å². The van der Waals surface area contributed by atoms with E-state index in [4.69, 9.17) is 10.5 Å². The van der Waals surface area contributed by atoms with E-state index in [0.717, 1.165) is 12.0 Å². The molecule has 0 aromatic heterocycles. The van der Waals surface area contributed by atoms with Crippen molar-refractivity contribution in [1.29, 1.82) is 0 Å². The van der Waals surface area contributed by atoms with Crippen LogP contribution >= 0.6 is 11.8 Å². The molecule has 2 amide bonds. The van der Waals surface area contributed by atoms with E-state index in [-0.39, 0.29) is 12.1 Å². The van der Waals surface area contributed by atoms with Crippen molar-refractivity contribution in [3.05, 3.63) is 35.1 Å². The van der Waals surface area contributed by atoms with Crippen LogP contribution in [-0.4, -0.2) is 95.2 Å².